The van der Waals surface area contributed by atoms with Crippen LogP contribution in [0.25, 0.3) is 6.08 Å². The second-order valence-corrected chi connectivity index (χ2v) is 7.47. The largest absolute Gasteiger partial charge is 0.340 e. The molecule has 1 heterocycles. The summed E-state index contributed by atoms with van der Waals surface area (Å²) in [5.74, 6) is 1.06. The zero-order valence-electron chi connectivity index (χ0n) is 19.0. The molecule has 0 radical (unpaired) electrons. The van der Waals surface area contributed by atoms with Crippen LogP contribution in [0.2, 0.25) is 0 Å². The fraction of sp³-hybridized carbons (Fsp3) is 0.200. The number of nitrogens with one attached hydrogen (secondary N) is 2. The third-order valence-electron chi connectivity index (χ3n) is 4.90. The van der Waals surface area contributed by atoms with Crippen molar-refractivity contribution >= 4 is 29.2 Å². The average Bonchev–Trinajstić information content (AvgIpc) is 2.80. The number of nitriles is 2. The van der Waals surface area contributed by atoms with Crippen molar-refractivity contribution in [1.82, 2.24) is 15.0 Å². The van der Waals surface area contributed by atoms with E-state index in [1.807, 2.05) is 57.3 Å². The fourth-order valence-corrected chi connectivity index (χ4v) is 3.30. The van der Waals surface area contributed by atoms with Gasteiger partial charge in [0, 0.05) is 30.6 Å². The van der Waals surface area contributed by atoms with Gasteiger partial charge in [-0.05, 0) is 73.0 Å². The first-order chi connectivity index (χ1) is 15.9. The Balaban J connectivity index is 1.94. The zero-order chi connectivity index (χ0) is 23.8. The van der Waals surface area contributed by atoms with Crippen molar-refractivity contribution in [2.45, 2.75) is 20.4 Å². The van der Waals surface area contributed by atoms with Gasteiger partial charge in [-0.15, -0.1) is 0 Å². The van der Waals surface area contributed by atoms with E-state index in [4.69, 9.17) is 15.4 Å². The van der Waals surface area contributed by atoms with Crippen LogP contribution in [-0.2, 0) is 11.4 Å². The highest BCUT2D eigenvalue weighted by atomic mass is 16.7. The van der Waals surface area contributed by atoms with Crippen LogP contribution in [0, 0.1) is 36.5 Å². The molecule has 0 aliphatic rings. The Hall–Kier alpha value is -4.24. The van der Waals surface area contributed by atoms with Crippen LogP contribution in [0.1, 0.15) is 27.9 Å². The Kier molecular flexibility index (Phi) is 7.72. The van der Waals surface area contributed by atoms with E-state index >= 15 is 0 Å². The van der Waals surface area contributed by atoms with Crippen molar-refractivity contribution < 1.29 is 4.84 Å². The summed E-state index contributed by atoms with van der Waals surface area (Å²) in [5.41, 5.74) is 6.09. The summed E-state index contributed by atoms with van der Waals surface area (Å²) >= 11 is 0. The molecular formula is C25H25N7O. The molecule has 2 N–H and O–H groups in total. The number of hydrogen-bond donors (Lipinski definition) is 2. The molecule has 3 rings (SSSR count). The molecule has 0 bridgehead atoms. The maximum absolute atomic E-state index is 9.01. The van der Waals surface area contributed by atoms with Crippen LogP contribution in [0.15, 0.2) is 48.5 Å². The molecule has 3 aromatic rings. The first kappa shape index (κ1) is 23.4. The van der Waals surface area contributed by atoms with Gasteiger partial charge in [0.25, 0.3) is 0 Å². The lowest BCUT2D eigenvalue weighted by Crippen LogP contribution is -2.17. The smallest absolute Gasteiger partial charge is 0.229 e. The van der Waals surface area contributed by atoms with E-state index in [2.05, 4.69) is 26.7 Å². The molecule has 0 spiro atoms. The molecule has 2 aromatic carbocycles. The van der Waals surface area contributed by atoms with Gasteiger partial charge in [-0.1, -0.05) is 0 Å². The lowest BCUT2D eigenvalue weighted by Gasteiger charge is -2.17. The molecule has 0 aliphatic heterocycles. The summed E-state index contributed by atoms with van der Waals surface area (Å²) in [4.78, 5) is 14.5. The quantitative estimate of drug-likeness (QED) is 0.373. The van der Waals surface area contributed by atoms with E-state index < -0.39 is 0 Å². The normalized spacial score (nSPS) is 10.8. The predicted octanol–water partition coefficient (Wildman–Crippen LogP) is 4.98. The van der Waals surface area contributed by atoms with Gasteiger partial charge in [0.15, 0.2) is 0 Å². The van der Waals surface area contributed by atoms with E-state index in [9.17, 15) is 0 Å². The Morgan fingerprint density at radius 1 is 1.03 bits per heavy atom. The molecule has 8 nitrogen and oxygen atoms in total. The van der Waals surface area contributed by atoms with Gasteiger partial charge in [0.2, 0.25) is 5.95 Å². The number of anilines is 4. The van der Waals surface area contributed by atoms with Crippen molar-refractivity contribution in [1.29, 1.82) is 10.5 Å². The molecule has 0 saturated heterocycles. The van der Waals surface area contributed by atoms with E-state index in [-0.39, 0.29) is 0 Å². The van der Waals surface area contributed by atoms with E-state index in [0.717, 1.165) is 33.8 Å². The molecule has 0 amide bonds. The molecule has 166 valence electrons. The standard InChI is InChI=1S/C25H25N7O/c1-17-12-20(6-5-11-26)13-18(2)24(17)30-23-14-22(16-32(3)33-4)29-25(31-23)28-21-9-7-19(15-27)8-10-21/h5-10,12-14H,16H2,1-4H3,(H2,28,29,30,31)/b6-5+. The average molecular weight is 440 g/mol. The Bertz CT molecular complexity index is 1210. The number of hydrogen-bond acceptors (Lipinski definition) is 8. The van der Waals surface area contributed by atoms with Crippen LogP contribution >= 0.6 is 0 Å². The van der Waals surface area contributed by atoms with Crippen LogP contribution < -0.4 is 10.6 Å². The zero-order valence-corrected chi connectivity index (χ0v) is 19.0. The Labute approximate surface area is 193 Å². The summed E-state index contributed by atoms with van der Waals surface area (Å²) in [6.45, 7) is 4.48. The summed E-state index contributed by atoms with van der Waals surface area (Å²) in [6, 6.07) is 17.1. The van der Waals surface area contributed by atoms with E-state index in [0.29, 0.717) is 23.9 Å². The summed E-state index contributed by atoms with van der Waals surface area (Å²) in [5, 5.41) is 26.1. The monoisotopic (exact) mass is 439 g/mol. The molecule has 8 heteroatoms. The second kappa shape index (κ2) is 10.9. The highest BCUT2D eigenvalue weighted by Crippen LogP contribution is 2.27. The predicted molar refractivity (Wildman–Crippen MR) is 129 cm³/mol. The molecular weight excluding hydrogens is 414 g/mol. The van der Waals surface area contributed by atoms with Crippen molar-refractivity contribution in [3.63, 3.8) is 0 Å². The lowest BCUT2D eigenvalue weighted by atomic mass is 10.0. The van der Waals surface area contributed by atoms with Crippen molar-refractivity contribution in [3.8, 4) is 12.1 Å². The number of nitrogens with zero attached hydrogens (tertiary/aromatic N) is 5. The van der Waals surface area contributed by atoms with Crippen molar-refractivity contribution in [2.75, 3.05) is 24.8 Å². The van der Waals surface area contributed by atoms with Gasteiger partial charge >= 0.3 is 0 Å². The minimum Gasteiger partial charge on any atom is -0.340 e. The Morgan fingerprint density at radius 2 is 1.73 bits per heavy atom. The number of hydroxylamine groups is 2. The first-order valence-electron chi connectivity index (χ1n) is 10.3. The topological polar surface area (TPSA) is 110 Å². The number of rotatable bonds is 8. The molecule has 1 aromatic heterocycles. The van der Waals surface area contributed by atoms with Gasteiger partial charge < -0.3 is 15.5 Å². The molecule has 0 fully saturated rings. The number of aryl methyl sites for hydroxylation is 2. The van der Waals surface area contributed by atoms with Gasteiger partial charge in [0.1, 0.15) is 5.82 Å². The van der Waals surface area contributed by atoms with Crippen molar-refractivity contribution in [2.24, 2.45) is 0 Å². The minimum atomic E-state index is 0.424. The van der Waals surface area contributed by atoms with Gasteiger partial charge in [0.05, 0.1) is 37.1 Å². The maximum atomic E-state index is 9.01. The molecule has 0 unspecified atom stereocenters. The summed E-state index contributed by atoms with van der Waals surface area (Å²) in [6.07, 6.45) is 3.25. The third kappa shape index (κ3) is 6.37. The SMILES string of the molecule is CON(C)Cc1cc(Nc2c(C)cc(/C=C/C#N)cc2C)nc(Nc2ccc(C#N)cc2)n1. The lowest BCUT2D eigenvalue weighted by molar-refractivity contribution is -0.117. The van der Waals surface area contributed by atoms with E-state index in [1.54, 1.807) is 30.4 Å². The molecule has 33 heavy (non-hydrogen) atoms. The minimum absolute atomic E-state index is 0.424. The van der Waals surface area contributed by atoms with Crippen molar-refractivity contribution in [3.05, 3.63) is 76.5 Å². The number of allylic oxidation sites excluding steroid dienone is 1. The third-order valence-corrected chi connectivity index (χ3v) is 4.90. The van der Waals surface area contributed by atoms with E-state index in [1.165, 1.54) is 6.08 Å². The van der Waals surface area contributed by atoms with Crippen LogP contribution in [0.5, 0.6) is 0 Å². The number of aromatic nitrogens is 2. The first-order valence-corrected chi connectivity index (χ1v) is 10.3. The van der Waals surface area contributed by atoms with Gasteiger partial charge in [-0.2, -0.15) is 20.6 Å². The van der Waals surface area contributed by atoms with Gasteiger partial charge in [-0.25, -0.2) is 4.98 Å². The maximum Gasteiger partial charge on any atom is 0.229 e. The highest BCUT2D eigenvalue weighted by Gasteiger charge is 2.11. The van der Waals surface area contributed by atoms with Crippen LogP contribution in [0.4, 0.5) is 23.1 Å². The van der Waals surface area contributed by atoms with Crippen LogP contribution in [0.3, 0.4) is 0 Å². The summed E-state index contributed by atoms with van der Waals surface area (Å²) in [7, 11) is 3.43. The number of benzene rings is 2. The fourth-order valence-electron chi connectivity index (χ4n) is 3.30. The Morgan fingerprint density at radius 3 is 2.33 bits per heavy atom. The second-order valence-electron chi connectivity index (χ2n) is 7.47. The van der Waals surface area contributed by atoms with Gasteiger partial charge in [-0.3, -0.25) is 0 Å². The molecule has 0 atom stereocenters. The highest BCUT2D eigenvalue weighted by molar-refractivity contribution is 5.69. The molecule has 0 aliphatic carbocycles. The summed E-state index contributed by atoms with van der Waals surface area (Å²) < 4.78 is 0. The van der Waals surface area contributed by atoms with Crippen LogP contribution in [-0.4, -0.2) is 29.2 Å². The molecule has 0 saturated carbocycles.